The molecule has 1 fully saturated rings. The molecule has 1 atom stereocenters. The fourth-order valence-corrected chi connectivity index (χ4v) is 5.33. The van der Waals surface area contributed by atoms with Crippen molar-refractivity contribution in [2.75, 3.05) is 32.7 Å². The molecule has 0 amide bonds. The molecule has 2 heterocycles. The first-order valence-corrected chi connectivity index (χ1v) is 11.5. The number of nitrogens with zero attached hydrogens (tertiary/aromatic N) is 3. The van der Waals surface area contributed by atoms with Gasteiger partial charge in [-0.05, 0) is 42.9 Å². The lowest BCUT2D eigenvalue weighted by atomic mass is 9.95. The molecule has 1 aliphatic carbocycles. The van der Waals surface area contributed by atoms with E-state index in [0.717, 1.165) is 45.7 Å². The number of β-amino-alcohol motifs (C(OH)–C–C–N with tert-alkyl or cyclic N) is 1. The van der Waals surface area contributed by atoms with Gasteiger partial charge in [-0.3, -0.25) is 9.80 Å². The number of hydrogen-bond acceptors (Lipinski definition) is 3. The molecular weight excluding hydrogens is 370 g/mol. The van der Waals surface area contributed by atoms with E-state index in [2.05, 4.69) is 69.0 Å². The van der Waals surface area contributed by atoms with Crippen molar-refractivity contribution in [1.29, 1.82) is 0 Å². The number of aryl methyl sites for hydroxylation is 1. The van der Waals surface area contributed by atoms with E-state index in [9.17, 15) is 5.11 Å². The van der Waals surface area contributed by atoms with E-state index in [4.69, 9.17) is 0 Å². The summed E-state index contributed by atoms with van der Waals surface area (Å²) in [4.78, 5) is 4.96. The molecule has 3 aromatic rings. The Morgan fingerprint density at radius 3 is 2.30 bits per heavy atom. The Bertz CT molecular complexity index is 973. The third kappa shape index (κ3) is 4.18. The zero-order chi connectivity index (χ0) is 20.3. The van der Waals surface area contributed by atoms with Gasteiger partial charge in [0.05, 0.1) is 12.6 Å². The van der Waals surface area contributed by atoms with Gasteiger partial charge >= 0.3 is 0 Å². The van der Waals surface area contributed by atoms with Crippen LogP contribution in [0.15, 0.2) is 54.6 Å². The largest absolute Gasteiger partial charge is 0.390 e. The fraction of sp³-hybridized carbons (Fsp3) is 0.462. The van der Waals surface area contributed by atoms with E-state index in [1.807, 2.05) is 0 Å². The van der Waals surface area contributed by atoms with Gasteiger partial charge in [0.2, 0.25) is 0 Å². The van der Waals surface area contributed by atoms with Crippen molar-refractivity contribution in [3.8, 4) is 0 Å². The molecule has 0 spiro atoms. The number of piperazine rings is 1. The van der Waals surface area contributed by atoms with Crippen LogP contribution < -0.4 is 0 Å². The van der Waals surface area contributed by atoms with Gasteiger partial charge in [-0.1, -0.05) is 48.5 Å². The van der Waals surface area contributed by atoms with Crippen molar-refractivity contribution in [2.24, 2.45) is 0 Å². The molecule has 5 rings (SSSR count). The maximum Gasteiger partial charge on any atom is 0.0845 e. The summed E-state index contributed by atoms with van der Waals surface area (Å²) < 4.78 is 2.42. The molecule has 4 heteroatoms. The maximum absolute atomic E-state index is 11.0. The minimum absolute atomic E-state index is 0.326. The zero-order valence-electron chi connectivity index (χ0n) is 17.8. The predicted octanol–water partition coefficient (Wildman–Crippen LogP) is 3.70. The van der Waals surface area contributed by atoms with E-state index in [0.29, 0.717) is 6.54 Å². The topological polar surface area (TPSA) is 31.6 Å². The summed E-state index contributed by atoms with van der Waals surface area (Å²) in [6.45, 7) is 6.72. The number of rotatable bonds is 6. The van der Waals surface area contributed by atoms with E-state index in [1.165, 1.54) is 47.0 Å². The molecule has 0 unspecified atom stereocenters. The number of hydrogen-bond donors (Lipinski definition) is 1. The summed E-state index contributed by atoms with van der Waals surface area (Å²) in [5, 5.41) is 12.4. The molecule has 0 bridgehead atoms. The highest BCUT2D eigenvalue weighted by Gasteiger charge is 2.23. The minimum Gasteiger partial charge on any atom is -0.390 e. The molecule has 1 aliphatic heterocycles. The summed E-state index contributed by atoms with van der Waals surface area (Å²) in [6, 6.07) is 19.5. The lowest BCUT2D eigenvalue weighted by Gasteiger charge is -2.35. The summed E-state index contributed by atoms with van der Waals surface area (Å²) in [5.74, 6) is 0. The first kappa shape index (κ1) is 19.8. The van der Waals surface area contributed by atoms with Crippen molar-refractivity contribution in [3.05, 3.63) is 71.4 Å². The van der Waals surface area contributed by atoms with Crippen LogP contribution in [0.25, 0.3) is 10.9 Å². The molecule has 0 saturated carbocycles. The number of aliphatic hydroxyl groups is 1. The van der Waals surface area contributed by atoms with Crippen LogP contribution in [0.2, 0.25) is 0 Å². The van der Waals surface area contributed by atoms with Gasteiger partial charge in [0.15, 0.2) is 0 Å². The summed E-state index contributed by atoms with van der Waals surface area (Å²) in [5.41, 5.74) is 5.68. The van der Waals surface area contributed by atoms with Crippen LogP contribution in [-0.2, 0) is 25.9 Å². The van der Waals surface area contributed by atoms with Crippen LogP contribution in [0.5, 0.6) is 0 Å². The van der Waals surface area contributed by atoms with Gasteiger partial charge in [0, 0.05) is 55.9 Å². The molecule has 4 nitrogen and oxygen atoms in total. The number of aromatic nitrogens is 1. The molecule has 0 radical (unpaired) electrons. The van der Waals surface area contributed by atoms with E-state index in [1.54, 1.807) is 0 Å². The van der Waals surface area contributed by atoms with Crippen LogP contribution >= 0.6 is 0 Å². The Kier molecular flexibility index (Phi) is 5.89. The van der Waals surface area contributed by atoms with E-state index in [-0.39, 0.29) is 6.10 Å². The maximum atomic E-state index is 11.0. The molecule has 1 aromatic heterocycles. The van der Waals surface area contributed by atoms with Crippen LogP contribution in [-0.4, -0.2) is 58.3 Å². The van der Waals surface area contributed by atoms with Crippen molar-refractivity contribution in [3.63, 3.8) is 0 Å². The van der Waals surface area contributed by atoms with Gasteiger partial charge in [-0.25, -0.2) is 0 Å². The average Bonchev–Trinajstić information content (AvgIpc) is 3.10. The lowest BCUT2D eigenvalue weighted by molar-refractivity contribution is 0.0624. The third-order valence-corrected chi connectivity index (χ3v) is 6.86. The standard InChI is InChI=1S/C26H33N3O/c30-22(19-28-16-14-27(15-17-28)18-21-8-2-1-3-9-21)20-29-25-12-6-4-10-23(25)24-11-5-7-13-26(24)29/h1-4,6,8-10,12,22,30H,5,7,11,13-20H2/t22-/m0/s1. The Balaban J connectivity index is 1.20. The second-order valence-corrected chi connectivity index (χ2v) is 8.98. The van der Waals surface area contributed by atoms with Crippen molar-refractivity contribution in [2.45, 2.75) is 44.9 Å². The van der Waals surface area contributed by atoms with E-state index >= 15 is 0 Å². The van der Waals surface area contributed by atoms with Crippen LogP contribution in [0, 0.1) is 0 Å². The summed E-state index contributed by atoms with van der Waals surface area (Å²) >= 11 is 0. The fourth-order valence-electron chi connectivity index (χ4n) is 5.33. The van der Waals surface area contributed by atoms with Gasteiger partial charge in [-0.2, -0.15) is 0 Å². The van der Waals surface area contributed by atoms with Crippen molar-refractivity contribution < 1.29 is 5.11 Å². The molecule has 1 saturated heterocycles. The Morgan fingerprint density at radius 2 is 1.47 bits per heavy atom. The SMILES string of the molecule is O[C@@H](CN1CCN(Cc2ccccc2)CC1)Cn1c2c(c3ccccc31)CCCC2. The highest BCUT2D eigenvalue weighted by Crippen LogP contribution is 2.32. The van der Waals surface area contributed by atoms with Gasteiger partial charge in [0.25, 0.3) is 0 Å². The first-order valence-electron chi connectivity index (χ1n) is 11.5. The average molecular weight is 404 g/mol. The Hall–Kier alpha value is -2.14. The highest BCUT2D eigenvalue weighted by atomic mass is 16.3. The number of para-hydroxylation sites is 1. The molecule has 2 aliphatic rings. The van der Waals surface area contributed by atoms with Crippen molar-refractivity contribution >= 4 is 10.9 Å². The first-order chi connectivity index (χ1) is 14.8. The Morgan fingerprint density at radius 1 is 0.767 bits per heavy atom. The molecule has 2 aromatic carbocycles. The molecular formula is C26H33N3O. The summed E-state index contributed by atoms with van der Waals surface area (Å²) in [7, 11) is 0. The van der Waals surface area contributed by atoms with Crippen LogP contribution in [0.4, 0.5) is 0 Å². The third-order valence-electron chi connectivity index (χ3n) is 6.86. The summed E-state index contributed by atoms with van der Waals surface area (Å²) in [6.07, 6.45) is 4.56. The Labute approximate surface area is 179 Å². The van der Waals surface area contributed by atoms with Crippen molar-refractivity contribution in [1.82, 2.24) is 14.4 Å². The quantitative estimate of drug-likeness (QED) is 0.681. The normalized spacial score (nSPS) is 19.1. The second-order valence-electron chi connectivity index (χ2n) is 8.98. The molecule has 158 valence electrons. The minimum atomic E-state index is -0.326. The van der Waals surface area contributed by atoms with Gasteiger partial charge < -0.3 is 9.67 Å². The molecule has 1 N–H and O–H groups in total. The molecule has 30 heavy (non-hydrogen) atoms. The lowest BCUT2D eigenvalue weighted by Crippen LogP contribution is -2.48. The number of aliphatic hydroxyl groups excluding tert-OH is 1. The van der Waals surface area contributed by atoms with Gasteiger partial charge in [-0.15, -0.1) is 0 Å². The predicted molar refractivity (Wildman–Crippen MR) is 123 cm³/mol. The monoisotopic (exact) mass is 403 g/mol. The zero-order valence-corrected chi connectivity index (χ0v) is 17.8. The van der Waals surface area contributed by atoms with Crippen LogP contribution in [0.3, 0.4) is 0 Å². The van der Waals surface area contributed by atoms with Crippen LogP contribution in [0.1, 0.15) is 29.7 Å². The van der Waals surface area contributed by atoms with E-state index < -0.39 is 0 Å². The smallest absolute Gasteiger partial charge is 0.0845 e. The second kappa shape index (κ2) is 8.93. The number of benzene rings is 2. The number of fused-ring (bicyclic) bond motifs is 3. The highest BCUT2D eigenvalue weighted by molar-refractivity contribution is 5.85. The van der Waals surface area contributed by atoms with Gasteiger partial charge in [0.1, 0.15) is 0 Å².